The van der Waals surface area contributed by atoms with E-state index >= 15 is 0 Å². The first-order chi connectivity index (χ1) is 8.20. The van der Waals surface area contributed by atoms with E-state index in [0.29, 0.717) is 6.54 Å². The number of ether oxygens (including phenoxy) is 1. The number of hydrogen-bond acceptors (Lipinski definition) is 3. The van der Waals surface area contributed by atoms with Gasteiger partial charge in [0.15, 0.2) is 0 Å². The maximum Gasteiger partial charge on any atom is 0.410 e. The number of carboxylic acids is 1. The minimum absolute atomic E-state index is 0.170. The van der Waals surface area contributed by atoms with Crippen molar-refractivity contribution < 1.29 is 19.4 Å². The zero-order valence-corrected chi connectivity index (χ0v) is 11.4. The molecule has 18 heavy (non-hydrogen) atoms. The van der Waals surface area contributed by atoms with Gasteiger partial charge in [0.25, 0.3) is 0 Å². The number of aliphatic carboxylic acids is 1. The Hall–Kier alpha value is -1.52. The monoisotopic (exact) mass is 255 g/mol. The molecule has 0 aliphatic carbocycles. The highest BCUT2D eigenvalue weighted by molar-refractivity contribution is 5.86. The maximum atomic E-state index is 11.9. The predicted molar refractivity (Wildman–Crippen MR) is 67.4 cm³/mol. The van der Waals surface area contributed by atoms with Crippen molar-refractivity contribution in [3.63, 3.8) is 0 Å². The molecule has 0 aromatic carbocycles. The van der Waals surface area contributed by atoms with E-state index in [4.69, 9.17) is 9.84 Å². The van der Waals surface area contributed by atoms with Gasteiger partial charge in [0.1, 0.15) is 5.60 Å². The van der Waals surface area contributed by atoms with Crippen molar-refractivity contribution in [1.82, 2.24) is 4.90 Å². The second-order valence-corrected chi connectivity index (χ2v) is 5.54. The Morgan fingerprint density at radius 2 is 2.00 bits per heavy atom. The molecular formula is C13H21NO4. The summed E-state index contributed by atoms with van der Waals surface area (Å²) >= 11 is 0. The summed E-state index contributed by atoms with van der Waals surface area (Å²) in [6.07, 6.45) is 2.90. The van der Waals surface area contributed by atoms with Gasteiger partial charge >= 0.3 is 12.1 Å². The Morgan fingerprint density at radius 3 is 2.50 bits per heavy atom. The van der Waals surface area contributed by atoms with Gasteiger partial charge in [0.2, 0.25) is 0 Å². The lowest BCUT2D eigenvalue weighted by Gasteiger charge is -2.27. The van der Waals surface area contributed by atoms with Crippen LogP contribution in [0.2, 0.25) is 0 Å². The third-order valence-corrected chi connectivity index (χ3v) is 2.71. The summed E-state index contributed by atoms with van der Waals surface area (Å²) < 4.78 is 5.30. The van der Waals surface area contributed by atoms with Gasteiger partial charge in [-0.2, -0.15) is 0 Å². The number of carbonyl (C=O) groups excluding carboxylic acids is 1. The van der Waals surface area contributed by atoms with E-state index in [1.54, 1.807) is 11.0 Å². The third kappa shape index (κ3) is 4.05. The van der Waals surface area contributed by atoms with Crippen molar-refractivity contribution in [2.24, 2.45) is 0 Å². The molecule has 0 spiro atoms. The van der Waals surface area contributed by atoms with Crippen molar-refractivity contribution in [1.29, 1.82) is 0 Å². The van der Waals surface area contributed by atoms with Crippen LogP contribution in [0.25, 0.3) is 0 Å². The quantitative estimate of drug-likeness (QED) is 0.769. The number of rotatable bonds is 2. The fourth-order valence-corrected chi connectivity index (χ4v) is 1.87. The van der Waals surface area contributed by atoms with Crippen LogP contribution >= 0.6 is 0 Å². The van der Waals surface area contributed by atoms with Crippen LogP contribution in [0.5, 0.6) is 0 Å². The Balaban J connectivity index is 2.74. The van der Waals surface area contributed by atoms with Crippen LogP contribution < -0.4 is 0 Å². The van der Waals surface area contributed by atoms with Crippen LogP contribution in [-0.4, -0.2) is 40.3 Å². The number of likely N-dealkylation sites (tertiary alicyclic amines) is 1. The first-order valence-electron chi connectivity index (χ1n) is 6.12. The van der Waals surface area contributed by atoms with Crippen LogP contribution in [-0.2, 0) is 9.53 Å². The van der Waals surface area contributed by atoms with E-state index < -0.39 is 11.6 Å². The minimum Gasteiger partial charge on any atom is -0.478 e. The summed E-state index contributed by atoms with van der Waals surface area (Å²) in [5, 5.41) is 8.85. The zero-order valence-electron chi connectivity index (χ0n) is 11.4. The number of amides is 1. The lowest BCUT2D eigenvalue weighted by atomic mass is 10.1. The van der Waals surface area contributed by atoms with Crippen LogP contribution in [0.15, 0.2) is 11.6 Å². The molecule has 1 heterocycles. The molecule has 0 bridgehead atoms. The molecule has 0 aromatic heterocycles. The SMILES string of the molecule is C/C(=C/[C@@H]1CCCN1C(=O)OC(C)(C)C)C(=O)O. The molecule has 5 heteroatoms. The fraction of sp³-hybridized carbons (Fsp3) is 0.692. The summed E-state index contributed by atoms with van der Waals surface area (Å²) in [6.45, 7) is 7.59. The second kappa shape index (κ2) is 5.42. The summed E-state index contributed by atoms with van der Waals surface area (Å²) in [5.41, 5.74) is -0.272. The minimum atomic E-state index is -0.953. The summed E-state index contributed by atoms with van der Waals surface area (Å²) in [6, 6.07) is -0.170. The van der Waals surface area contributed by atoms with Gasteiger partial charge in [-0.1, -0.05) is 6.08 Å². The molecule has 0 unspecified atom stereocenters. The Morgan fingerprint density at radius 1 is 1.39 bits per heavy atom. The smallest absolute Gasteiger partial charge is 0.410 e. The molecule has 1 N–H and O–H groups in total. The molecule has 5 nitrogen and oxygen atoms in total. The van der Waals surface area contributed by atoms with Gasteiger partial charge < -0.3 is 14.7 Å². The van der Waals surface area contributed by atoms with Crippen LogP contribution in [0.3, 0.4) is 0 Å². The fourth-order valence-electron chi connectivity index (χ4n) is 1.87. The molecular weight excluding hydrogens is 234 g/mol. The predicted octanol–water partition coefficient (Wildman–Crippen LogP) is 2.42. The van der Waals surface area contributed by atoms with Crippen LogP contribution in [0, 0.1) is 0 Å². The number of carbonyl (C=O) groups is 2. The topological polar surface area (TPSA) is 66.8 Å². The number of carboxylic acid groups (broad SMARTS) is 1. The largest absolute Gasteiger partial charge is 0.478 e. The normalized spacial score (nSPS) is 21.0. The number of nitrogens with zero attached hydrogens (tertiary/aromatic N) is 1. The van der Waals surface area contributed by atoms with Gasteiger partial charge in [0, 0.05) is 12.1 Å². The highest BCUT2D eigenvalue weighted by atomic mass is 16.6. The van der Waals surface area contributed by atoms with Crippen molar-refractivity contribution in [3.05, 3.63) is 11.6 Å². The Labute approximate surface area is 107 Å². The highest BCUT2D eigenvalue weighted by Gasteiger charge is 2.31. The molecule has 1 rings (SSSR count). The summed E-state index contributed by atoms with van der Waals surface area (Å²) in [4.78, 5) is 24.3. The molecule has 1 amide bonds. The Kier molecular flexibility index (Phi) is 4.38. The average Bonchev–Trinajstić information content (AvgIpc) is 2.62. The first-order valence-corrected chi connectivity index (χ1v) is 6.12. The molecule has 0 aromatic rings. The van der Waals surface area contributed by atoms with E-state index in [2.05, 4.69) is 0 Å². The van der Waals surface area contributed by atoms with Crippen LogP contribution in [0.4, 0.5) is 4.79 Å². The summed E-state index contributed by atoms with van der Waals surface area (Å²) in [7, 11) is 0. The van der Waals surface area contributed by atoms with Gasteiger partial charge in [-0.3, -0.25) is 0 Å². The molecule has 1 atom stereocenters. The van der Waals surface area contributed by atoms with E-state index in [1.807, 2.05) is 20.8 Å². The lowest BCUT2D eigenvalue weighted by Crippen LogP contribution is -2.39. The van der Waals surface area contributed by atoms with Gasteiger partial charge in [-0.05, 0) is 40.5 Å². The molecule has 1 fully saturated rings. The van der Waals surface area contributed by atoms with E-state index in [9.17, 15) is 9.59 Å². The molecule has 1 saturated heterocycles. The lowest BCUT2D eigenvalue weighted by molar-refractivity contribution is -0.132. The van der Waals surface area contributed by atoms with Crippen molar-refractivity contribution in [3.8, 4) is 0 Å². The van der Waals surface area contributed by atoms with Crippen molar-refractivity contribution in [2.45, 2.75) is 52.2 Å². The van der Waals surface area contributed by atoms with Crippen molar-refractivity contribution >= 4 is 12.1 Å². The standard InChI is InChI=1S/C13H21NO4/c1-9(11(15)16)8-10-6-5-7-14(10)12(17)18-13(2,3)4/h8,10H,5-7H2,1-4H3,(H,15,16)/b9-8-/t10-/m0/s1. The van der Waals surface area contributed by atoms with Crippen LogP contribution in [0.1, 0.15) is 40.5 Å². The Bertz CT molecular complexity index is 368. The average molecular weight is 255 g/mol. The first kappa shape index (κ1) is 14.5. The van der Waals surface area contributed by atoms with E-state index in [0.717, 1.165) is 12.8 Å². The third-order valence-electron chi connectivity index (χ3n) is 2.71. The zero-order chi connectivity index (χ0) is 13.9. The van der Waals surface area contributed by atoms with Crippen molar-refractivity contribution in [2.75, 3.05) is 6.54 Å². The molecule has 1 aliphatic heterocycles. The summed E-state index contributed by atoms with van der Waals surface area (Å²) in [5.74, 6) is -0.953. The second-order valence-electron chi connectivity index (χ2n) is 5.54. The molecule has 1 aliphatic rings. The van der Waals surface area contributed by atoms with E-state index in [-0.39, 0.29) is 17.7 Å². The van der Waals surface area contributed by atoms with E-state index in [1.165, 1.54) is 6.92 Å². The molecule has 0 radical (unpaired) electrons. The van der Waals surface area contributed by atoms with Gasteiger partial charge in [-0.15, -0.1) is 0 Å². The molecule has 0 saturated carbocycles. The number of hydrogen-bond donors (Lipinski definition) is 1. The maximum absolute atomic E-state index is 11.9. The molecule has 102 valence electrons. The van der Waals surface area contributed by atoms with Gasteiger partial charge in [-0.25, -0.2) is 9.59 Å². The van der Waals surface area contributed by atoms with Gasteiger partial charge in [0.05, 0.1) is 6.04 Å². The highest BCUT2D eigenvalue weighted by Crippen LogP contribution is 2.22.